The van der Waals surface area contributed by atoms with E-state index >= 15 is 0 Å². The Labute approximate surface area is 289 Å². The number of nitrogens with zero attached hydrogens (tertiary/aromatic N) is 5. The number of aliphatic imine (C=N–C) groups is 1. The highest BCUT2D eigenvalue weighted by Gasteiger charge is 2.43. The van der Waals surface area contributed by atoms with Gasteiger partial charge >= 0.3 is 0 Å². The first-order valence-corrected chi connectivity index (χ1v) is 17.5. The summed E-state index contributed by atoms with van der Waals surface area (Å²) in [6.07, 6.45) is 15.6. The van der Waals surface area contributed by atoms with Crippen molar-refractivity contribution < 1.29 is 9.59 Å². The highest BCUT2D eigenvalue weighted by Crippen LogP contribution is 2.54. The summed E-state index contributed by atoms with van der Waals surface area (Å²) in [6, 6.07) is 5.80. The fourth-order valence-corrected chi connectivity index (χ4v) is 7.21. The maximum atomic E-state index is 13.1. The average molecular weight is 678 g/mol. The summed E-state index contributed by atoms with van der Waals surface area (Å²) in [7, 11) is 0. The van der Waals surface area contributed by atoms with Gasteiger partial charge in [-0.1, -0.05) is 23.8 Å². The number of nitrogens with one attached hydrogen (secondary N) is 4. The summed E-state index contributed by atoms with van der Waals surface area (Å²) in [5.74, 6) is 1.39. The zero-order valence-corrected chi connectivity index (χ0v) is 28.8. The molecule has 2 saturated carbocycles. The van der Waals surface area contributed by atoms with Gasteiger partial charge < -0.3 is 15.0 Å². The molecular weight excluding hydrogens is 638 g/mol. The Hall–Kier alpha value is -4.77. The largest absolute Gasteiger partial charge is 0.309 e. The molecule has 4 aromatic rings. The van der Waals surface area contributed by atoms with Gasteiger partial charge in [-0.25, -0.2) is 4.98 Å². The fraction of sp³-hybridized carbons (Fsp3) is 0.405. The van der Waals surface area contributed by atoms with Gasteiger partial charge in [0.1, 0.15) is 5.65 Å². The van der Waals surface area contributed by atoms with Crippen molar-refractivity contribution in [1.29, 1.82) is 0 Å². The number of pyridine rings is 1. The molecular formula is C37H40ClN9O2. The van der Waals surface area contributed by atoms with Crippen molar-refractivity contribution in [3.63, 3.8) is 0 Å². The van der Waals surface area contributed by atoms with Crippen LogP contribution in [-0.4, -0.2) is 47.3 Å². The number of aromatic nitrogens is 6. The summed E-state index contributed by atoms with van der Waals surface area (Å²) in [5, 5.41) is 21.5. The number of hydrogen-bond acceptors (Lipinski definition) is 6. The van der Waals surface area contributed by atoms with E-state index in [0.717, 1.165) is 53.3 Å². The molecule has 4 N–H and O–H groups in total. The monoisotopic (exact) mass is 677 g/mol. The minimum Gasteiger partial charge on any atom is -0.309 e. The molecule has 0 spiro atoms. The van der Waals surface area contributed by atoms with Crippen LogP contribution < -0.4 is 10.6 Å². The summed E-state index contributed by atoms with van der Waals surface area (Å²) in [5.41, 5.74) is 8.85. The standard InChI is InChI=1S/C37H40ClN9O2/c1-18-10-29-23(12-28(39-29)20(3)36(48)41-33-14-30(43-45-33)22-8-9-22)6-5-7-24(18)25-13-26(25)31-15-34(46-44-31)42-37(49)21(4)32-17-47-16-27(38)19(2)11-35(47)40-32/h7,10-12,14-17,20-23,25-26H,5-6,8-9,13H2,1-4H3,(H2,41,43,45,48)(H2,42,44,46,49)/t20-,21-,23?,25?,26?/m0/s1. The lowest BCUT2D eigenvalue weighted by atomic mass is 9.89. The Balaban J connectivity index is 0.890. The molecule has 1 aliphatic heterocycles. The number of rotatable bonds is 9. The zero-order chi connectivity index (χ0) is 34.0. The second-order valence-corrected chi connectivity index (χ2v) is 14.5. The minimum absolute atomic E-state index is 0.0979. The molecule has 5 heterocycles. The number of amides is 2. The van der Waals surface area contributed by atoms with Crippen LogP contribution in [0.2, 0.25) is 5.02 Å². The van der Waals surface area contributed by atoms with E-state index in [0.29, 0.717) is 40.1 Å². The van der Waals surface area contributed by atoms with E-state index < -0.39 is 5.92 Å². The summed E-state index contributed by atoms with van der Waals surface area (Å²) in [4.78, 5) is 35.8. The molecule has 0 radical (unpaired) electrons. The quantitative estimate of drug-likeness (QED) is 0.146. The van der Waals surface area contributed by atoms with E-state index in [4.69, 9.17) is 16.6 Å². The Kier molecular flexibility index (Phi) is 7.89. The first-order chi connectivity index (χ1) is 23.6. The number of H-pyrrole nitrogens is 2. The zero-order valence-electron chi connectivity index (χ0n) is 28.0. The number of fused-ring (bicyclic) bond motifs is 2. The molecule has 4 aromatic heterocycles. The minimum atomic E-state index is -0.466. The summed E-state index contributed by atoms with van der Waals surface area (Å²) in [6.45, 7) is 7.84. The van der Waals surface area contributed by atoms with Gasteiger partial charge in [0.05, 0.1) is 22.6 Å². The number of carbonyl (C=O) groups excluding carboxylic acids is 2. The van der Waals surface area contributed by atoms with Crippen molar-refractivity contribution in [2.75, 3.05) is 10.6 Å². The van der Waals surface area contributed by atoms with E-state index in [2.05, 4.69) is 61.2 Å². The SMILES string of the molecule is CC1=CC2=NC([C@H](C)C(=O)Nc3cc(C4CC4)[nH]n3)=CC2CCC=C1C1CC1c1cc(NC(=O)[C@@H](C)c2cn3cc(Cl)c(C)cc3n2)n[nH]1. The molecule has 3 aliphatic carbocycles. The molecule has 0 saturated heterocycles. The molecule has 4 aliphatic rings. The third kappa shape index (κ3) is 6.27. The van der Waals surface area contributed by atoms with Crippen LogP contribution in [0.3, 0.4) is 0 Å². The van der Waals surface area contributed by atoms with E-state index in [9.17, 15) is 9.59 Å². The van der Waals surface area contributed by atoms with E-state index in [1.165, 1.54) is 24.0 Å². The Morgan fingerprint density at radius 1 is 0.939 bits per heavy atom. The van der Waals surface area contributed by atoms with Gasteiger partial charge in [0.15, 0.2) is 11.6 Å². The second kappa shape index (κ2) is 12.3. The number of carbonyl (C=O) groups is 2. The number of allylic oxidation sites excluding steroid dienone is 5. The van der Waals surface area contributed by atoms with Crippen molar-refractivity contribution in [1.82, 2.24) is 29.8 Å². The molecule has 0 aromatic carbocycles. The van der Waals surface area contributed by atoms with Crippen LogP contribution in [0.4, 0.5) is 11.6 Å². The highest BCUT2D eigenvalue weighted by molar-refractivity contribution is 6.31. The smallest absolute Gasteiger partial charge is 0.234 e. The Morgan fingerprint density at radius 3 is 2.41 bits per heavy atom. The first-order valence-electron chi connectivity index (χ1n) is 17.2. The van der Waals surface area contributed by atoms with Crippen LogP contribution in [-0.2, 0) is 9.59 Å². The summed E-state index contributed by atoms with van der Waals surface area (Å²) < 4.78 is 1.84. The lowest BCUT2D eigenvalue weighted by molar-refractivity contribution is -0.118. The fourth-order valence-electron chi connectivity index (χ4n) is 7.05. The maximum Gasteiger partial charge on any atom is 0.234 e. The van der Waals surface area contributed by atoms with Gasteiger partial charge in [-0.15, -0.1) is 0 Å². The predicted molar refractivity (Wildman–Crippen MR) is 190 cm³/mol. The molecule has 2 amide bonds. The van der Waals surface area contributed by atoms with Crippen molar-refractivity contribution in [2.24, 2.45) is 22.7 Å². The molecule has 49 heavy (non-hydrogen) atoms. The van der Waals surface area contributed by atoms with Crippen LogP contribution in [0.25, 0.3) is 5.65 Å². The van der Waals surface area contributed by atoms with Crippen LogP contribution >= 0.6 is 11.6 Å². The third-order valence-electron chi connectivity index (χ3n) is 10.4. The van der Waals surface area contributed by atoms with Crippen molar-refractivity contribution >= 4 is 46.4 Å². The average Bonchev–Trinajstić information content (AvgIpc) is 3.85. The lowest BCUT2D eigenvalue weighted by Gasteiger charge is -2.15. The number of hydrogen-bond donors (Lipinski definition) is 4. The molecule has 252 valence electrons. The van der Waals surface area contributed by atoms with E-state index in [1.54, 1.807) is 0 Å². The van der Waals surface area contributed by atoms with Gasteiger partial charge in [-0.05, 0) is 94.6 Å². The van der Waals surface area contributed by atoms with Crippen molar-refractivity contribution in [3.05, 3.63) is 93.3 Å². The van der Waals surface area contributed by atoms with Crippen LogP contribution in [0.15, 0.2) is 70.7 Å². The molecule has 8 rings (SSSR count). The first kappa shape index (κ1) is 31.5. The van der Waals surface area contributed by atoms with Gasteiger partial charge in [-0.3, -0.25) is 24.8 Å². The van der Waals surface area contributed by atoms with Gasteiger partial charge in [0, 0.05) is 65.1 Å². The number of halogens is 1. The van der Waals surface area contributed by atoms with Gasteiger partial charge in [0.25, 0.3) is 0 Å². The number of aryl methyl sites for hydroxylation is 1. The van der Waals surface area contributed by atoms with Gasteiger partial charge in [0.2, 0.25) is 11.8 Å². The Morgan fingerprint density at radius 2 is 1.65 bits per heavy atom. The number of aromatic amines is 2. The van der Waals surface area contributed by atoms with Gasteiger partial charge in [-0.2, -0.15) is 10.2 Å². The molecule has 5 atom stereocenters. The molecule has 12 heteroatoms. The maximum absolute atomic E-state index is 13.1. The normalized spacial score (nSPS) is 23.0. The molecule has 3 unspecified atom stereocenters. The van der Waals surface area contributed by atoms with Crippen LogP contribution in [0.1, 0.15) is 93.3 Å². The predicted octanol–water partition coefficient (Wildman–Crippen LogP) is 7.36. The van der Waals surface area contributed by atoms with E-state index in [-0.39, 0.29) is 23.7 Å². The van der Waals surface area contributed by atoms with Crippen LogP contribution in [0, 0.1) is 24.7 Å². The van der Waals surface area contributed by atoms with Crippen molar-refractivity contribution in [3.8, 4) is 0 Å². The lowest BCUT2D eigenvalue weighted by Crippen LogP contribution is -2.21. The number of imidazole rings is 1. The molecule has 11 nitrogen and oxygen atoms in total. The molecule has 2 fully saturated rings. The second-order valence-electron chi connectivity index (χ2n) is 14.1. The van der Waals surface area contributed by atoms with Crippen LogP contribution in [0.5, 0.6) is 0 Å². The van der Waals surface area contributed by atoms with E-state index in [1.807, 2.05) is 55.8 Å². The Bertz CT molecular complexity index is 2070. The van der Waals surface area contributed by atoms with Crippen molar-refractivity contribution in [2.45, 2.75) is 77.6 Å². The summed E-state index contributed by atoms with van der Waals surface area (Å²) >= 11 is 6.27. The topological polar surface area (TPSA) is 145 Å². The molecule has 0 bridgehead atoms. The third-order valence-corrected chi connectivity index (χ3v) is 10.8. The highest BCUT2D eigenvalue weighted by atomic mass is 35.5. The number of anilines is 2.